The third-order valence-electron chi connectivity index (χ3n) is 7.35. The van der Waals surface area contributed by atoms with Crippen LogP contribution in [-0.2, 0) is 34.6 Å². The maximum atomic E-state index is 3.97. The molecule has 2 aromatic carbocycles. The van der Waals surface area contributed by atoms with Crippen LogP contribution in [-0.4, -0.2) is 8.07 Å². The summed E-state index contributed by atoms with van der Waals surface area (Å²) in [5.41, 5.74) is 8.52. The third-order valence-corrected chi connectivity index (χ3v) is 12.8. The van der Waals surface area contributed by atoms with Crippen molar-refractivity contribution in [3.63, 3.8) is 0 Å². The Labute approximate surface area is 230 Å². The Balaban J connectivity index is 0. The first-order valence-corrected chi connectivity index (χ1v) is 13.2. The molecule has 2 aromatic rings. The summed E-state index contributed by atoms with van der Waals surface area (Å²) in [5.74, 6) is 0. The molecule has 0 saturated carbocycles. The number of aryl methyl sites for hydroxylation is 3. The first kappa shape index (κ1) is 33.9. The van der Waals surface area contributed by atoms with Crippen molar-refractivity contribution in [1.82, 2.24) is 0 Å². The van der Waals surface area contributed by atoms with Gasteiger partial charge in [0.15, 0.2) is 0 Å². The predicted octanol–water partition coefficient (Wildman–Crippen LogP) is -2.82. The molecule has 5 heteroatoms. The molecule has 1 aliphatic carbocycles. The largest absolute Gasteiger partial charge is 4.00 e. The van der Waals surface area contributed by atoms with Crippen molar-refractivity contribution in [2.45, 2.75) is 72.9 Å². The van der Waals surface area contributed by atoms with Crippen LogP contribution in [0.15, 0.2) is 59.2 Å². The number of halogens is 3. The number of rotatable bonds is 5. The second kappa shape index (κ2) is 13.0. The molecular weight excluding hydrogens is 507 g/mol. The second-order valence-corrected chi connectivity index (χ2v) is 13.3. The molecule has 0 bridgehead atoms. The van der Waals surface area contributed by atoms with E-state index in [0.29, 0.717) is 0 Å². The van der Waals surface area contributed by atoms with Crippen LogP contribution in [0.4, 0.5) is 0 Å². The van der Waals surface area contributed by atoms with Crippen LogP contribution in [0.1, 0.15) is 58.2 Å². The Hall–Kier alpha value is -0.279. The Kier molecular flexibility index (Phi) is 13.7. The summed E-state index contributed by atoms with van der Waals surface area (Å²) in [4.78, 5) is 0. The van der Waals surface area contributed by atoms with E-state index in [9.17, 15) is 0 Å². The summed E-state index contributed by atoms with van der Waals surface area (Å²) in [6.07, 6.45) is 6.14. The minimum Gasteiger partial charge on any atom is -1.00 e. The van der Waals surface area contributed by atoms with Gasteiger partial charge in [0.1, 0.15) is 8.07 Å². The quantitative estimate of drug-likeness (QED) is 0.283. The molecule has 0 spiro atoms. The smallest absolute Gasteiger partial charge is 1.00 e. The van der Waals surface area contributed by atoms with E-state index in [0.717, 1.165) is 12.8 Å². The van der Waals surface area contributed by atoms with Gasteiger partial charge in [-0.2, -0.15) is 11.1 Å². The Bertz CT molecular complexity index is 960. The van der Waals surface area contributed by atoms with E-state index < -0.39 is 8.07 Å². The zero-order chi connectivity index (χ0) is 20.7. The average molecular weight is 542 g/mol. The van der Waals surface area contributed by atoms with Gasteiger partial charge in [-0.15, -0.1) is 6.92 Å². The maximum absolute atomic E-state index is 3.97. The van der Waals surface area contributed by atoms with Gasteiger partial charge in [0.25, 0.3) is 0 Å². The van der Waals surface area contributed by atoms with Crippen LogP contribution < -0.4 is 47.6 Å². The van der Waals surface area contributed by atoms with Crippen molar-refractivity contribution < 1.29 is 58.9 Å². The molecule has 0 radical (unpaired) electrons. The molecule has 1 aliphatic rings. The van der Waals surface area contributed by atoms with E-state index in [-0.39, 0.29) is 64.0 Å². The van der Waals surface area contributed by atoms with E-state index in [1.165, 1.54) is 38.6 Å². The van der Waals surface area contributed by atoms with Crippen LogP contribution in [0.25, 0.3) is 0 Å². The van der Waals surface area contributed by atoms with Crippen LogP contribution in [0.5, 0.6) is 0 Å². The second-order valence-electron chi connectivity index (χ2n) is 8.86. The van der Waals surface area contributed by atoms with E-state index in [4.69, 9.17) is 0 Å². The topological polar surface area (TPSA) is 0 Å². The van der Waals surface area contributed by atoms with Crippen molar-refractivity contribution in [2.75, 3.05) is 0 Å². The molecule has 3 rings (SSSR count). The van der Waals surface area contributed by atoms with Crippen molar-refractivity contribution in [1.29, 1.82) is 0 Å². The zero-order valence-corrected chi connectivity index (χ0v) is 25.4. The third kappa shape index (κ3) is 5.68. The summed E-state index contributed by atoms with van der Waals surface area (Å²) in [5, 5.41) is 3.03. The van der Waals surface area contributed by atoms with Gasteiger partial charge in [0.05, 0.1) is 0 Å². The summed E-state index contributed by atoms with van der Waals surface area (Å²) in [6.45, 7) is 18.6. The van der Waals surface area contributed by atoms with Gasteiger partial charge < -0.3 is 37.2 Å². The van der Waals surface area contributed by atoms with E-state index in [1.807, 2.05) is 0 Å². The fourth-order valence-electron chi connectivity index (χ4n) is 4.88. The van der Waals surface area contributed by atoms with Gasteiger partial charge in [-0.05, 0) is 30.9 Å². The standard InChI is InChI=1S/C27H35Si.3ClH.Ti/c1-9-23-15-24(10-2)17-26(16-23)28(8,25-13-11-12-19(3)14-25)27(7)18-20(4)21(5)22(27)6;;;;/h11-17H,9-10H2,1-8H3;3*1H;/q-1;;;;+4/p-3. The molecule has 0 fully saturated rings. The molecule has 0 saturated heterocycles. The Morgan fingerprint density at radius 3 is 1.75 bits per heavy atom. The first-order valence-electron chi connectivity index (χ1n) is 10.7. The van der Waals surface area contributed by atoms with Crippen molar-refractivity contribution in [3.8, 4) is 0 Å². The molecule has 0 N–H and O–H groups in total. The predicted molar refractivity (Wildman–Crippen MR) is 126 cm³/mol. The molecule has 172 valence electrons. The summed E-state index contributed by atoms with van der Waals surface area (Å²) in [6, 6.07) is 16.6. The normalized spacial score (nSPS) is 18.9. The molecule has 0 aromatic heterocycles. The number of allylic oxidation sites excluding steroid dienone is 4. The van der Waals surface area contributed by atoms with Crippen molar-refractivity contribution in [3.05, 3.63) is 82.0 Å². The molecule has 32 heavy (non-hydrogen) atoms. The zero-order valence-electron chi connectivity index (χ0n) is 20.6. The number of benzene rings is 2. The summed E-state index contributed by atoms with van der Waals surface area (Å²) < 4.78 is 0. The summed E-state index contributed by atoms with van der Waals surface area (Å²) in [7, 11) is -2.16. The molecule has 2 unspecified atom stereocenters. The number of hydrogen-bond acceptors (Lipinski definition) is 0. The van der Waals surface area contributed by atoms with Gasteiger partial charge >= 0.3 is 21.7 Å². The average Bonchev–Trinajstić information content (AvgIpc) is 2.90. The molecular formula is C27H35Cl3SiTi. The Morgan fingerprint density at radius 2 is 1.34 bits per heavy atom. The van der Waals surface area contributed by atoms with Gasteiger partial charge in [-0.1, -0.05) is 105 Å². The minimum atomic E-state index is -2.16. The SMILES string of the molecule is CCc1cc(CC)cc([Si](C)(c2cccc(C)c2)C2(C)[C-]=C(C)C(C)=C2C)c1.[Cl-].[Cl-].[Cl-].[Ti+4]. The van der Waals surface area contributed by atoms with Crippen LogP contribution in [0.3, 0.4) is 0 Å². The monoisotopic (exact) mass is 540 g/mol. The van der Waals surface area contributed by atoms with E-state index in [1.54, 1.807) is 5.19 Å². The minimum absolute atomic E-state index is 0. The number of hydrogen-bond donors (Lipinski definition) is 0. The fraction of sp³-hybridized carbons (Fsp3) is 0.407. The maximum Gasteiger partial charge on any atom is 4.00 e. The van der Waals surface area contributed by atoms with E-state index in [2.05, 4.69) is 104 Å². The van der Waals surface area contributed by atoms with Crippen LogP contribution in [0, 0.1) is 13.0 Å². The van der Waals surface area contributed by atoms with Crippen molar-refractivity contribution >= 4 is 18.4 Å². The molecule has 0 amide bonds. The molecule has 0 heterocycles. The van der Waals surface area contributed by atoms with Gasteiger partial charge in [-0.3, -0.25) is 6.08 Å². The fourth-order valence-corrected chi connectivity index (χ4v) is 9.64. The summed E-state index contributed by atoms with van der Waals surface area (Å²) >= 11 is 0. The molecule has 0 aliphatic heterocycles. The van der Waals surface area contributed by atoms with E-state index >= 15 is 0 Å². The van der Waals surface area contributed by atoms with Gasteiger partial charge in [0, 0.05) is 0 Å². The van der Waals surface area contributed by atoms with Crippen molar-refractivity contribution in [2.24, 2.45) is 0 Å². The van der Waals surface area contributed by atoms with Gasteiger partial charge in [-0.25, -0.2) is 5.57 Å². The first-order chi connectivity index (χ1) is 13.2. The molecule has 2 atom stereocenters. The molecule has 0 nitrogen and oxygen atoms in total. The van der Waals surface area contributed by atoms with Crippen LogP contribution in [0.2, 0.25) is 11.6 Å². The van der Waals surface area contributed by atoms with Crippen LogP contribution >= 0.6 is 0 Å². The Morgan fingerprint density at radius 1 is 0.812 bits per heavy atom. The van der Waals surface area contributed by atoms with Gasteiger partial charge in [0.2, 0.25) is 0 Å².